The molecule has 0 aromatic carbocycles. The Morgan fingerprint density at radius 1 is 1.17 bits per heavy atom. The largest absolute Gasteiger partial charge is 0.454 e. The second-order valence-electron chi connectivity index (χ2n) is 7.04. The van der Waals surface area contributed by atoms with E-state index < -0.39 is 0 Å². The Labute approximate surface area is 170 Å². The van der Waals surface area contributed by atoms with Gasteiger partial charge in [-0.05, 0) is 36.5 Å². The van der Waals surface area contributed by atoms with E-state index in [0.29, 0.717) is 39.9 Å². The first-order valence-electron chi connectivity index (χ1n) is 9.17. The predicted octanol–water partition coefficient (Wildman–Crippen LogP) is 3.89. The van der Waals surface area contributed by atoms with Crippen LogP contribution in [-0.2, 0) is 7.05 Å². The lowest BCUT2D eigenvalue weighted by Gasteiger charge is -2.08. The van der Waals surface area contributed by atoms with Crippen molar-refractivity contribution in [2.24, 2.45) is 7.05 Å². The van der Waals surface area contributed by atoms with Crippen LogP contribution in [0.25, 0.3) is 5.78 Å². The van der Waals surface area contributed by atoms with Crippen LogP contribution in [0, 0.1) is 0 Å². The highest BCUT2D eigenvalue weighted by Crippen LogP contribution is 2.40. The molecule has 0 spiro atoms. The van der Waals surface area contributed by atoms with E-state index in [0.717, 1.165) is 0 Å². The van der Waals surface area contributed by atoms with Gasteiger partial charge < -0.3 is 14.6 Å². The molecule has 0 amide bonds. The molecule has 1 N–H and O–H groups in total. The van der Waals surface area contributed by atoms with Crippen molar-refractivity contribution >= 4 is 28.9 Å². The highest BCUT2D eigenvalue weighted by Gasteiger charge is 2.25. The van der Waals surface area contributed by atoms with Crippen LogP contribution in [0.2, 0.25) is 5.15 Å². The molecule has 4 heterocycles. The Balaban J connectivity index is 1.42. The number of hydrogen-bond donors (Lipinski definition) is 1. The van der Waals surface area contributed by atoms with E-state index in [-0.39, 0.29) is 5.56 Å². The summed E-state index contributed by atoms with van der Waals surface area (Å²) in [5.74, 6) is 2.65. The molecule has 1 fully saturated rings. The Hall–Kier alpha value is -3.39. The van der Waals surface area contributed by atoms with Gasteiger partial charge >= 0.3 is 0 Å². The third-order valence-corrected chi connectivity index (χ3v) is 4.94. The topological polar surface area (TPSA) is 86.3 Å². The maximum absolute atomic E-state index is 12.5. The molecule has 0 saturated heterocycles. The minimum Gasteiger partial charge on any atom is -0.454 e. The van der Waals surface area contributed by atoms with Crippen LogP contribution >= 0.6 is 11.6 Å². The number of ether oxygens (including phenoxy) is 1. The third kappa shape index (κ3) is 3.66. The van der Waals surface area contributed by atoms with Gasteiger partial charge in [-0.2, -0.15) is 4.98 Å². The summed E-state index contributed by atoms with van der Waals surface area (Å²) in [4.78, 5) is 25.2. The quantitative estimate of drug-likeness (QED) is 0.504. The number of rotatable bonds is 5. The molecule has 5 rings (SSSR count). The summed E-state index contributed by atoms with van der Waals surface area (Å²) in [5, 5.41) is 3.48. The van der Waals surface area contributed by atoms with Gasteiger partial charge in [-0.15, -0.1) is 0 Å². The zero-order chi connectivity index (χ0) is 20.0. The predicted molar refractivity (Wildman–Crippen MR) is 109 cm³/mol. The number of anilines is 2. The van der Waals surface area contributed by atoms with Crippen molar-refractivity contribution in [2.75, 3.05) is 5.32 Å². The lowest BCUT2D eigenvalue weighted by Crippen LogP contribution is -2.20. The van der Waals surface area contributed by atoms with Crippen LogP contribution in [0.5, 0.6) is 11.5 Å². The number of pyridine rings is 2. The molecule has 4 aromatic rings. The van der Waals surface area contributed by atoms with E-state index in [1.165, 1.54) is 18.4 Å². The Bertz CT molecular complexity index is 1280. The molecule has 1 saturated carbocycles. The molecule has 1 aliphatic carbocycles. The van der Waals surface area contributed by atoms with E-state index in [1.54, 1.807) is 52.9 Å². The van der Waals surface area contributed by atoms with Crippen LogP contribution in [0.15, 0.2) is 54.0 Å². The van der Waals surface area contributed by atoms with Gasteiger partial charge in [0.05, 0.1) is 18.6 Å². The minimum absolute atomic E-state index is 0.0991. The molecular formula is C20H17ClN6O2. The first-order chi connectivity index (χ1) is 14.0. The van der Waals surface area contributed by atoms with Crippen molar-refractivity contribution in [3.05, 3.63) is 70.3 Å². The van der Waals surface area contributed by atoms with E-state index in [2.05, 4.69) is 20.3 Å². The van der Waals surface area contributed by atoms with E-state index in [9.17, 15) is 4.79 Å². The second kappa shape index (κ2) is 6.89. The fourth-order valence-corrected chi connectivity index (χ4v) is 3.33. The van der Waals surface area contributed by atoms with E-state index >= 15 is 0 Å². The van der Waals surface area contributed by atoms with Crippen molar-refractivity contribution in [1.82, 2.24) is 23.9 Å². The molecule has 29 heavy (non-hydrogen) atoms. The second-order valence-corrected chi connectivity index (χ2v) is 7.43. The maximum atomic E-state index is 12.5. The van der Waals surface area contributed by atoms with E-state index in [4.69, 9.17) is 16.3 Å². The number of nitrogens with zero attached hydrogens (tertiary/aromatic N) is 5. The van der Waals surface area contributed by atoms with Gasteiger partial charge in [0.2, 0.25) is 5.78 Å². The molecular weight excluding hydrogens is 392 g/mol. The Morgan fingerprint density at radius 3 is 2.83 bits per heavy atom. The molecule has 0 atom stereocenters. The van der Waals surface area contributed by atoms with Gasteiger partial charge in [-0.25, -0.2) is 9.97 Å². The first-order valence-corrected chi connectivity index (χ1v) is 9.55. The summed E-state index contributed by atoms with van der Waals surface area (Å²) in [5.41, 5.74) is 1.57. The average molecular weight is 409 g/mol. The number of hydrogen-bond acceptors (Lipinski definition) is 6. The van der Waals surface area contributed by atoms with Crippen molar-refractivity contribution in [1.29, 1.82) is 0 Å². The fourth-order valence-electron chi connectivity index (χ4n) is 3.17. The van der Waals surface area contributed by atoms with Crippen LogP contribution in [0.4, 0.5) is 11.5 Å². The Kier molecular flexibility index (Phi) is 4.21. The lowest BCUT2D eigenvalue weighted by atomic mass is 10.2. The maximum Gasteiger partial charge on any atom is 0.274 e. The number of fused-ring (bicyclic) bond motifs is 1. The molecule has 9 heteroatoms. The zero-order valence-electron chi connectivity index (χ0n) is 15.5. The van der Waals surface area contributed by atoms with Crippen LogP contribution in [-0.4, -0.2) is 23.9 Å². The van der Waals surface area contributed by atoms with Crippen molar-refractivity contribution in [2.45, 2.75) is 18.8 Å². The van der Waals surface area contributed by atoms with Gasteiger partial charge in [-0.3, -0.25) is 9.20 Å². The molecule has 8 nitrogen and oxygen atoms in total. The zero-order valence-corrected chi connectivity index (χ0v) is 16.3. The molecule has 0 radical (unpaired) electrons. The molecule has 0 bridgehead atoms. The summed E-state index contributed by atoms with van der Waals surface area (Å²) >= 11 is 5.89. The summed E-state index contributed by atoms with van der Waals surface area (Å²) in [6.07, 6.45) is 10.9. The highest BCUT2D eigenvalue weighted by molar-refractivity contribution is 6.29. The number of nitrogens with one attached hydrogen (secondary N) is 1. The van der Waals surface area contributed by atoms with Crippen molar-refractivity contribution < 1.29 is 4.74 Å². The SMILES string of the molecule is Cn1cc(C2CC2)cc(Nc2cn3cc(Oc4ccnc(Cl)c4)cnc3n2)c1=O. The standard InChI is InChI=1S/C20H17ClN6O2/c1-26-9-13(12-2-3-12)6-16(19(26)28)24-18-11-27-10-15(8-23-20(27)25-18)29-14-4-5-22-17(21)7-14/h4-12,24H,2-3H2,1H3. The number of halogens is 1. The molecule has 0 unspecified atom stereocenters. The van der Waals surface area contributed by atoms with Gasteiger partial charge in [0.15, 0.2) is 11.6 Å². The number of imidazole rings is 1. The summed E-state index contributed by atoms with van der Waals surface area (Å²) < 4.78 is 9.11. The van der Waals surface area contributed by atoms with Crippen LogP contribution < -0.4 is 15.6 Å². The van der Waals surface area contributed by atoms with Crippen LogP contribution in [0.1, 0.15) is 24.3 Å². The van der Waals surface area contributed by atoms with Crippen LogP contribution in [0.3, 0.4) is 0 Å². The Morgan fingerprint density at radius 2 is 2.03 bits per heavy atom. The third-order valence-electron chi connectivity index (χ3n) is 4.74. The minimum atomic E-state index is -0.0991. The molecule has 4 aromatic heterocycles. The lowest BCUT2D eigenvalue weighted by molar-refractivity contribution is 0.476. The van der Waals surface area contributed by atoms with Gasteiger partial charge in [-0.1, -0.05) is 11.6 Å². The van der Waals surface area contributed by atoms with Crippen molar-refractivity contribution in [3.63, 3.8) is 0 Å². The van der Waals surface area contributed by atoms with Gasteiger partial charge in [0.1, 0.15) is 16.6 Å². The van der Waals surface area contributed by atoms with E-state index in [1.807, 2.05) is 12.3 Å². The monoisotopic (exact) mass is 408 g/mol. The molecule has 0 aliphatic heterocycles. The normalized spacial score (nSPS) is 13.6. The van der Waals surface area contributed by atoms with Gasteiger partial charge in [0.25, 0.3) is 5.56 Å². The highest BCUT2D eigenvalue weighted by atomic mass is 35.5. The summed E-state index contributed by atoms with van der Waals surface area (Å²) in [7, 11) is 1.76. The molecule has 146 valence electrons. The number of aryl methyl sites for hydroxylation is 1. The van der Waals surface area contributed by atoms with Crippen molar-refractivity contribution in [3.8, 4) is 11.5 Å². The number of aromatic nitrogens is 5. The molecule has 1 aliphatic rings. The average Bonchev–Trinajstić information content (AvgIpc) is 3.46. The van der Waals surface area contributed by atoms with Gasteiger partial charge in [0, 0.05) is 25.5 Å². The summed E-state index contributed by atoms with van der Waals surface area (Å²) in [6.45, 7) is 0. The summed E-state index contributed by atoms with van der Waals surface area (Å²) in [6, 6.07) is 5.24. The smallest absolute Gasteiger partial charge is 0.274 e. The fraction of sp³-hybridized carbons (Fsp3) is 0.200. The first kappa shape index (κ1) is 17.7.